The number of rotatable bonds is 12. The summed E-state index contributed by atoms with van der Waals surface area (Å²) >= 11 is 0. The SMILES string of the molecule is Cc1ccc(OC(=O)CCC/C=C\CC2[C@@H](OCc3ccc(-c4ccccc4)cc3)CC(=O)[C@@H]2N2CCOCC2)cc1. The third-order valence-electron chi connectivity index (χ3n) is 8.16. The molecule has 0 amide bonds. The van der Waals surface area contributed by atoms with Crippen LogP contribution in [-0.2, 0) is 25.7 Å². The van der Waals surface area contributed by atoms with Crippen molar-refractivity contribution in [1.29, 1.82) is 0 Å². The minimum Gasteiger partial charge on any atom is -0.427 e. The van der Waals surface area contributed by atoms with Gasteiger partial charge in [0.2, 0.25) is 0 Å². The molecule has 1 aliphatic carbocycles. The molecule has 1 heterocycles. The van der Waals surface area contributed by atoms with Crippen LogP contribution in [-0.4, -0.2) is 55.1 Å². The van der Waals surface area contributed by atoms with Crippen LogP contribution in [0, 0.1) is 12.8 Å². The van der Waals surface area contributed by atoms with Gasteiger partial charge in [-0.3, -0.25) is 14.5 Å². The molecule has 2 fully saturated rings. The topological polar surface area (TPSA) is 65.1 Å². The van der Waals surface area contributed by atoms with Crippen LogP contribution in [0.2, 0.25) is 0 Å². The highest BCUT2D eigenvalue weighted by Crippen LogP contribution is 2.34. The molecule has 1 unspecified atom stereocenters. The number of carbonyl (C=O) groups excluding carboxylic acids is 2. The summed E-state index contributed by atoms with van der Waals surface area (Å²) in [5.74, 6) is 0.714. The van der Waals surface area contributed by atoms with Crippen molar-refractivity contribution >= 4 is 11.8 Å². The number of aryl methyl sites for hydroxylation is 1. The van der Waals surface area contributed by atoms with Crippen LogP contribution in [0.1, 0.15) is 43.2 Å². The van der Waals surface area contributed by atoms with Gasteiger partial charge in [-0.1, -0.05) is 84.4 Å². The van der Waals surface area contributed by atoms with E-state index in [9.17, 15) is 9.59 Å². The van der Waals surface area contributed by atoms with E-state index in [1.54, 1.807) is 0 Å². The molecule has 3 aromatic rings. The van der Waals surface area contributed by atoms with Gasteiger partial charge in [0, 0.05) is 31.8 Å². The van der Waals surface area contributed by atoms with E-state index in [-0.39, 0.29) is 29.8 Å². The number of hydrogen-bond acceptors (Lipinski definition) is 6. The molecule has 0 spiro atoms. The fourth-order valence-corrected chi connectivity index (χ4v) is 5.86. The van der Waals surface area contributed by atoms with E-state index in [0.29, 0.717) is 38.4 Å². The second-order valence-electron chi connectivity index (χ2n) is 11.2. The molecule has 220 valence electrons. The van der Waals surface area contributed by atoms with Crippen LogP contribution in [0.4, 0.5) is 0 Å². The fourth-order valence-electron chi connectivity index (χ4n) is 5.86. The maximum Gasteiger partial charge on any atom is 0.311 e. The summed E-state index contributed by atoms with van der Waals surface area (Å²) in [6, 6.07) is 26.2. The third-order valence-corrected chi connectivity index (χ3v) is 8.16. The van der Waals surface area contributed by atoms with E-state index >= 15 is 0 Å². The summed E-state index contributed by atoms with van der Waals surface area (Å²) in [4.78, 5) is 27.7. The average Bonchev–Trinajstić information content (AvgIpc) is 3.34. The van der Waals surface area contributed by atoms with Crippen LogP contribution >= 0.6 is 0 Å². The van der Waals surface area contributed by atoms with Gasteiger partial charge in [0.15, 0.2) is 5.78 Å². The van der Waals surface area contributed by atoms with Crippen molar-refractivity contribution < 1.29 is 23.8 Å². The number of hydrogen-bond donors (Lipinski definition) is 0. The van der Waals surface area contributed by atoms with Gasteiger partial charge in [0.25, 0.3) is 0 Å². The molecule has 3 aromatic carbocycles. The highest BCUT2D eigenvalue weighted by molar-refractivity contribution is 5.87. The monoisotopic (exact) mass is 567 g/mol. The van der Waals surface area contributed by atoms with Gasteiger partial charge in [0.05, 0.1) is 32.0 Å². The molecule has 3 atom stereocenters. The van der Waals surface area contributed by atoms with Crippen molar-refractivity contribution in [1.82, 2.24) is 4.90 Å². The zero-order valence-corrected chi connectivity index (χ0v) is 24.5. The van der Waals surface area contributed by atoms with Crippen molar-refractivity contribution in [3.63, 3.8) is 0 Å². The van der Waals surface area contributed by atoms with Gasteiger partial charge >= 0.3 is 5.97 Å². The van der Waals surface area contributed by atoms with Crippen molar-refractivity contribution in [2.75, 3.05) is 26.3 Å². The summed E-state index contributed by atoms with van der Waals surface area (Å²) in [5, 5.41) is 0. The lowest BCUT2D eigenvalue weighted by atomic mass is 9.95. The first-order valence-corrected chi connectivity index (χ1v) is 15.1. The smallest absolute Gasteiger partial charge is 0.311 e. The largest absolute Gasteiger partial charge is 0.427 e. The number of esters is 1. The zero-order chi connectivity index (χ0) is 29.1. The van der Waals surface area contributed by atoms with Crippen molar-refractivity contribution in [2.24, 2.45) is 5.92 Å². The lowest BCUT2D eigenvalue weighted by molar-refractivity contribution is -0.134. The van der Waals surface area contributed by atoms with Gasteiger partial charge in [-0.05, 0) is 55.0 Å². The molecule has 6 heteroatoms. The van der Waals surface area contributed by atoms with E-state index in [1.807, 2.05) is 49.4 Å². The Hall–Kier alpha value is -3.58. The number of ether oxygens (including phenoxy) is 3. The van der Waals surface area contributed by atoms with Crippen LogP contribution in [0.15, 0.2) is 91.0 Å². The van der Waals surface area contributed by atoms with Gasteiger partial charge in [-0.2, -0.15) is 0 Å². The van der Waals surface area contributed by atoms with Gasteiger partial charge in [-0.15, -0.1) is 0 Å². The van der Waals surface area contributed by atoms with Crippen LogP contribution in [0.5, 0.6) is 5.75 Å². The van der Waals surface area contributed by atoms with E-state index < -0.39 is 0 Å². The average molecular weight is 568 g/mol. The number of unbranched alkanes of at least 4 members (excludes halogenated alkanes) is 1. The quantitative estimate of drug-likeness (QED) is 0.107. The third kappa shape index (κ3) is 8.25. The number of nitrogens with zero attached hydrogens (tertiary/aromatic N) is 1. The Balaban J connectivity index is 1.14. The number of Topliss-reactive ketones (excluding diaryl/α,β-unsaturated/α-hetero) is 1. The first kappa shape index (κ1) is 29.9. The molecule has 0 N–H and O–H groups in total. The molecule has 5 rings (SSSR count). The molecule has 1 saturated carbocycles. The lowest BCUT2D eigenvalue weighted by Gasteiger charge is -2.35. The Morgan fingerprint density at radius 1 is 0.929 bits per heavy atom. The first-order chi connectivity index (χ1) is 20.6. The fraction of sp³-hybridized carbons (Fsp3) is 0.389. The maximum atomic E-state index is 13.2. The maximum absolute atomic E-state index is 13.2. The molecule has 0 radical (unpaired) electrons. The van der Waals surface area contributed by atoms with E-state index in [2.05, 4.69) is 53.5 Å². The minimum atomic E-state index is -0.216. The number of ketones is 1. The summed E-state index contributed by atoms with van der Waals surface area (Å²) < 4.78 is 17.4. The summed E-state index contributed by atoms with van der Waals surface area (Å²) in [5.41, 5.74) is 4.59. The molecule has 42 heavy (non-hydrogen) atoms. The Labute approximate surface area is 249 Å². The Morgan fingerprint density at radius 2 is 1.64 bits per heavy atom. The molecule has 0 bridgehead atoms. The van der Waals surface area contributed by atoms with Crippen LogP contribution in [0.3, 0.4) is 0 Å². The van der Waals surface area contributed by atoms with Crippen molar-refractivity contribution in [2.45, 2.75) is 57.8 Å². The molecule has 2 aliphatic rings. The van der Waals surface area contributed by atoms with E-state index in [4.69, 9.17) is 14.2 Å². The van der Waals surface area contributed by atoms with Gasteiger partial charge in [0.1, 0.15) is 5.75 Å². The van der Waals surface area contributed by atoms with Crippen LogP contribution < -0.4 is 4.74 Å². The highest BCUT2D eigenvalue weighted by Gasteiger charge is 2.45. The van der Waals surface area contributed by atoms with E-state index in [0.717, 1.165) is 43.5 Å². The predicted octanol–water partition coefficient (Wildman–Crippen LogP) is 6.56. The second kappa shape index (κ2) is 15.1. The molecular formula is C36H41NO5. The summed E-state index contributed by atoms with van der Waals surface area (Å²) in [6.07, 6.45) is 7.22. The molecule has 1 saturated heterocycles. The molecule has 1 aliphatic heterocycles. The number of allylic oxidation sites excluding steroid dienone is 2. The Morgan fingerprint density at radius 3 is 2.38 bits per heavy atom. The lowest BCUT2D eigenvalue weighted by Crippen LogP contribution is -2.49. The van der Waals surface area contributed by atoms with E-state index in [1.165, 1.54) is 11.1 Å². The zero-order valence-electron chi connectivity index (χ0n) is 24.5. The first-order valence-electron chi connectivity index (χ1n) is 15.1. The summed E-state index contributed by atoms with van der Waals surface area (Å²) in [6.45, 7) is 5.34. The van der Waals surface area contributed by atoms with Gasteiger partial charge < -0.3 is 14.2 Å². The Kier molecular flexibility index (Phi) is 10.7. The minimum absolute atomic E-state index is 0.0851. The van der Waals surface area contributed by atoms with Crippen LogP contribution in [0.25, 0.3) is 11.1 Å². The number of carbonyl (C=O) groups is 2. The molecule has 0 aromatic heterocycles. The predicted molar refractivity (Wildman–Crippen MR) is 164 cm³/mol. The normalized spacial score (nSPS) is 21.2. The standard InChI is InChI=1S/C36H41NO5/c1-27-13-19-31(20-14-27)42-35(39)12-8-3-2-7-11-32-34(25-33(38)36(32)37-21-23-40-24-22-37)41-26-28-15-17-30(18-16-28)29-9-5-4-6-10-29/h2,4-7,9-10,13-20,32,34,36H,3,8,11-12,21-26H2,1H3/b7-2-/t32?,34-,36+/m0/s1. The highest BCUT2D eigenvalue weighted by atomic mass is 16.5. The number of benzene rings is 3. The molecule has 6 nitrogen and oxygen atoms in total. The van der Waals surface area contributed by atoms with Crippen molar-refractivity contribution in [3.05, 3.63) is 102 Å². The second-order valence-corrected chi connectivity index (χ2v) is 11.2. The van der Waals surface area contributed by atoms with Crippen molar-refractivity contribution in [3.8, 4) is 16.9 Å². The summed E-state index contributed by atoms with van der Waals surface area (Å²) in [7, 11) is 0. The van der Waals surface area contributed by atoms with Gasteiger partial charge in [-0.25, -0.2) is 0 Å². The molecular weight excluding hydrogens is 526 g/mol. The number of morpholine rings is 1. The Bertz CT molecular complexity index is 1310.